The first-order valence-corrected chi connectivity index (χ1v) is 13.6. The number of nitrogens with zero attached hydrogens (tertiary/aromatic N) is 2. The molecular weight excluding hydrogens is 501 g/mol. The maximum Gasteiger partial charge on any atom is 0.416 e. The lowest BCUT2D eigenvalue weighted by atomic mass is 9.66. The number of likely N-dealkylation sites (N-methyl/N-ethyl adjacent to an activating group) is 1. The molecule has 2 aliphatic heterocycles. The molecule has 206 valence electrons. The number of piperidine rings is 1. The first-order chi connectivity index (χ1) is 18.6. The largest absolute Gasteiger partial charge is 0.416 e. The second kappa shape index (κ2) is 10.8. The van der Waals surface area contributed by atoms with Crippen LogP contribution in [0.3, 0.4) is 0 Å². The highest BCUT2D eigenvalue weighted by Crippen LogP contribution is 2.47. The highest BCUT2D eigenvalue weighted by molar-refractivity contribution is 5.94. The number of amides is 1. The molecule has 5 rings (SSSR count). The summed E-state index contributed by atoms with van der Waals surface area (Å²) in [5.74, 6) is 0.223. The SMILES string of the molecule is CN1CC(CCCN2CCC(O)(c3cccc(C(F)(F)F)c3)CC2)C(c2ccccc2)(c2ccccc2)C1=O. The van der Waals surface area contributed by atoms with E-state index in [1.807, 2.05) is 48.3 Å². The molecule has 0 spiro atoms. The van der Waals surface area contributed by atoms with Gasteiger partial charge in [-0.1, -0.05) is 72.8 Å². The number of carbonyl (C=O) groups excluding carboxylic acids is 1. The molecule has 39 heavy (non-hydrogen) atoms. The van der Waals surface area contributed by atoms with Crippen LogP contribution in [0.5, 0.6) is 0 Å². The molecule has 2 saturated heterocycles. The number of hydrogen-bond acceptors (Lipinski definition) is 3. The van der Waals surface area contributed by atoms with Gasteiger partial charge in [-0.3, -0.25) is 4.79 Å². The Labute approximate surface area is 228 Å². The van der Waals surface area contributed by atoms with Gasteiger partial charge in [0.1, 0.15) is 5.41 Å². The van der Waals surface area contributed by atoms with Crippen molar-refractivity contribution in [1.82, 2.24) is 9.80 Å². The summed E-state index contributed by atoms with van der Waals surface area (Å²) in [4.78, 5) is 17.9. The Morgan fingerprint density at radius 1 is 0.872 bits per heavy atom. The van der Waals surface area contributed by atoms with E-state index in [0.717, 1.165) is 42.6 Å². The number of carbonyl (C=O) groups is 1. The Morgan fingerprint density at radius 3 is 2.00 bits per heavy atom. The molecule has 2 heterocycles. The molecule has 1 atom stereocenters. The predicted molar refractivity (Wildman–Crippen MR) is 145 cm³/mol. The van der Waals surface area contributed by atoms with Crippen molar-refractivity contribution >= 4 is 5.91 Å². The van der Waals surface area contributed by atoms with Gasteiger partial charge in [0.15, 0.2) is 0 Å². The van der Waals surface area contributed by atoms with Crippen LogP contribution in [0, 0.1) is 5.92 Å². The first-order valence-electron chi connectivity index (χ1n) is 13.6. The van der Waals surface area contributed by atoms with Gasteiger partial charge in [-0.15, -0.1) is 0 Å². The van der Waals surface area contributed by atoms with Gasteiger partial charge in [0, 0.05) is 26.7 Å². The fourth-order valence-corrected chi connectivity index (χ4v) is 6.60. The van der Waals surface area contributed by atoms with Gasteiger partial charge in [-0.2, -0.15) is 13.2 Å². The van der Waals surface area contributed by atoms with Crippen molar-refractivity contribution < 1.29 is 23.1 Å². The molecule has 1 amide bonds. The molecule has 3 aromatic rings. The summed E-state index contributed by atoms with van der Waals surface area (Å²) in [6, 6.07) is 25.2. The van der Waals surface area contributed by atoms with E-state index in [1.54, 1.807) is 6.07 Å². The van der Waals surface area contributed by atoms with Gasteiger partial charge in [0.05, 0.1) is 11.2 Å². The molecule has 0 bridgehead atoms. The molecule has 1 unspecified atom stereocenters. The van der Waals surface area contributed by atoms with Crippen LogP contribution in [0.2, 0.25) is 0 Å². The van der Waals surface area contributed by atoms with E-state index < -0.39 is 22.8 Å². The summed E-state index contributed by atoms with van der Waals surface area (Å²) >= 11 is 0. The van der Waals surface area contributed by atoms with Crippen LogP contribution in [0.4, 0.5) is 13.2 Å². The highest BCUT2D eigenvalue weighted by atomic mass is 19.4. The minimum atomic E-state index is -4.43. The summed E-state index contributed by atoms with van der Waals surface area (Å²) in [6.07, 6.45) is -1.92. The molecule has 7 heteroatoms. The summed E-state index contributed by atoms with van der Waals surface area (Å²) in [6.45, 7) is 2.71. The minimum Gasteiger partial charge on any atom is -0.385 e. The number of likely N-dealkylation sites (tertiary alicyclic amines) is 2. The number of rotatable bonds is 7. The lowest BCUT2D eigenvalue weighted by molar-refractivity contribution is -0.137. The summed E-state index contributed by atoms with van der Waals surface area (Å²) < 4.78 is 39.6. The topological polar surface area (TPSA) is 43.8 Å². The fraction of sp³-hybridized carbons (Fsp3) is 0.406. The van der Waals surface area contributed by atoms with Gasteiger partial charge in [-0.05, 0) is 67.0 Å². The van der Waals surface area contributed by atoms with Crippen LogP contribution in [0.25, 0.3) is 0 Å². The van der Waals surface area contributed by atoms with Crippen LogP contribution in [0.1, 0.15) is 47.9 Å². The monoisotopic (exact) mass is 536 g/mol. The molecule has 0 saturated carbocycles. The quantitative estimate of drug-likeness (QED) is 0.413. The molecule has 3 aromatic carbocycles. The second-order valence-corrected chi connectivity index (χ2v) is 11.0. The molecule has 1 N–H and O–H groups in total. The van der Waals surface area contributed by atoms with Crippen LogP contribution in [0.15, 0.2) is 84.9 Å². The summed E-state index contributed by atoms with van der Waals surface area (Å²) in [5, 5.41) is 11.2. The van der Waals surface area contributed by atoms with Crippen LogP contribution >= 0.6 is 0 Å². The Kier molecular flexibility index (Phi) is 7.57. The zero-order valence-corrected chi connectivity index (χ0v) is 22.2. The second-order valence-electron chi connectivity index (χ2n) is 11.0. The predicted octanol–water partition coefficient (Wildman–Crippen LogP) is 5.84. The average molecular weight is 537 g/mol. The lowest BCUT2D eigenvalue weighted by Crippen LogP contribution is -2.43. The first kappa shape index (κ1) is 27.4. The minimum absolute atomic E-state index is 0.103. The molecular formula is C32H35F3N2O2. The van der Waals surface area contributed by atoms with Crippen molar-refractivity contribution in [2.24, 2.45) is 5.92 Å². The van der Waals surface area contributed by atoms with Gasteiger partial charge >= 0.3 is 6.18 Å². The van der Waals surface area contributed by atoms with Crippen LogP contribution in [-0.4, -0.2) is 54.0 Å². The Morgan fingerprint density at radius 2 is 1.44 bits per heavy atom. The molecule has 2 aliphatic rings. The Hall–Kier alpha value is -3.16. The van der Waals surface area contributed by atoms with Gasteiger partial charge < -0.3 is 14.9 Å². The molecule has 0 aromatic heterocycles. The van der Waals surface area contributed by atoms with Crippen molar-refractivity contribution in [1.29, 1.82) is 0 Å². The van der Waals surface area contributed by atoms with E-state index in [-0.39, 0.29) is 11.8 Å². The van der Waals surface area contributed by atoms with Crippen molar-refractivity contribution in [3.8, 4) is 0 Å². The van der Waals surface area contributed by atoms with Crippen LogP contribution < -0.4 is 0 Å². The van der Waals surface area contributed by atoms with Crippen molar-refractivity contribution in [3.05, 3.63) is 107 Å². The van der Waals surface area contributed by atoms with Gasteiger partial charge in [0.2, 0.25) is 5.91 Å². The lowest BCUT2D eigenvalue weighted by Gasteiger charge is -2.39. The molecule has 2 fully saturated rings. The smallest absolute Gasteiger partial charge is 0.385 e. The molecule has 4 nitrogen and oxygen atoms in total. The number of hydrogen-bond donors (Lipinski definition) is 1. The third-order valence-corrected chi connectivity index (χ3v) is 8.69. The van der Waals surface area contributed by atoms with E-state index in [9.17, 15) is 23.1 Å². The Balaban J connectivity index is 1.27. The molecule has 0 radical (unpaired) electrons. The highest BCUT2D eigenvalue weighted by Gasteiger charge is 2.54. The third kappa shape index (κ3) is 5.22. The van der Waals surface area contributed by atoms with E-state index in [4.69, 9.17) is 0 Å². The standard InChI is InChI=1S/C32H35F3N2O2/c1-36-23-28(31(29(36)38,24-10-4-2-5-11-24)25-12-6-3-7-13-25)16-9-19-37-20-17-30(39,18-21-37)26-14-8-15-27(22-26)32(33,34)35/h2-8,10-15,22,28,39H,9,16-21,23H2,1H3. The fourth-order valence-electron chi connectivity index (χ4n) is 6.60. The number of benzene rings is 3. The Bertz CT molecular complexity index is 1230. The maximum absolute atomic E-state index is 13.8. The van der Waals surface area contributed by atoms with Gasteiger partial charge in [0.25, 0.3) is 0 Å². The third-order valence-electron chi connectivity index (χ3n) is 8.69. The maximum atomic E-state index is 13.8. The van der Waals surface area contributed by atoms with Crippen LogP contribution in [-0.2, 0) is 22.0 Å². The average Bonchev–Trinajstić information content (AvgIpc) is 3.20. The number of aliphatic hydroxyl groups is 1. The summed E-state index contributed by atoms with van der Waals surface area (Å²) in [7, 11) is 1.88. The zero-order chi connectivity index (χ0) is 27.7. The van der Waals surface area contributed by atoms with Crippen molar-refractivity contribution in [2.75, 3.05) is 33.2 Å². The van der Waals surface area contributed by atoms with E-state index in [2.05, 4.69) is 29.2 Å². The number of alkyl halides is 3. The van der Waals surface area contributed by atoms with Crippen molar-refractivity contribution in [3.63, 3.8) is 0 Å². The van der Waals surface area contributed by atoms with Gasteiger partial charge in [-0.25, -0.2) is 0 Å². The summed E-state index contributed by atoms with van der Waals surface area (Å²) in [5.41, 5.74) is -0.358. The molecule has 0 aliphatic carbocycles. The zero-order valence-electron chi connectivity index (χ0n) is 22.2. The van der Waals surface area contributed by atoms with Crippen molar-refractivity contribution in [2.45, 2.75) is 42.9 Å². The normalized spacial score (nSPS) is 21.3. The van der Waals surface area contributed by atoms with E-state index in [0.29, 0.717) is 38.0 Å². The van der Waals surface area contributed by atoms with E-state index in [1.165, 1.54) is 6.07 Å². The number of halogens is 3. The van der Waals surface area contributed by atoms with E-state index >= 15 is 0 Å².